The fourth-order valence-corrected chi connectivity index (χ4v) is 2.14. The van der Waals surface area contributed by atoms with Gasteiger partial charge in [0, 0.05) is 24.2 Å². The zero-order chi connectivity index (χ0) is 14.0. The van der Waals surface area contributed by atoms with Gasteiger partial charge in [-0.25, -0.2) is 0 Å². The molecule has 0 bridgehead atoms. The van der Waals surface area contributed by atoms with Gasteiger partial charge < -0.3 is 16.0 Å². The zero-order valence-electron chi connectivity index (χ0n) is 10.6. The fraction of sp³-hybridized carbons (Fsp3) is 0.308. The van der Waals surface area contributed by atoms with Crippen LogP contribution in [0.2, 0.25) is 0 Å². The molecule has 3 N–H and O–H groups in total. The van der Waals surface area contributed by atoms with Crippen LogP contribution in [0.4, 0.5) is 0 Å². The minimum absolute atomic E-state index is 0.126. The lowest BCUT2D eigenvalue weighted by molar-refractivity contribution is -0.127. The summed E-state index contributed by atoms with van der Waals surface area (Å²) in [5, 5.41) is 2.73. The Labute approximate surface area is 116 Å². The van der Waals surface area contributed by atoms with Crippen LogP contribution in [-0.4, -0.2) is 40.8 Å². The van der Waals surface area contributed by atoms with E-state index in [1.54, 1.807) is 36.1 Å². The maximum absolute atomic E-state index is 12.3. The van der Waals surface area contributed by atoms with E-state index in [-0.39, 0.29) is 11.8 Å². The maximum Gasteiger partial charge on any atom is 0.254 e. The molecule has 5 nitrogen and oxygen atoms in total. The molecule has 1 aliphatic heterocycles. The highest BCUT2D eigenvalue weighted by Gasteiger charge is 2.29. The summed E-state index contributed by atoms with van der Waals surface area (Å²) in [6, 6.07) is 6.33. The van der Waals surface area contributed by atoms with Crippen molar-refractivity contribution >= 4 is 29.0 Å². The van der Waals surface area contributed by atoms with Crippen molar-refractivity contribution in [2.75, 3.05) is 13.1 Å². The molecule has 1 aromatic carbocycles. The molecule has 1 fully saturated rings. The number of carbonyl (C=O) groups is 2. The predicted molar refractivity (Wildman–Crippen MR) is 75.8 cm³/mol. The van der Waals surface area contributed by atoms with Gasteiger partial charge in [-0.15, -0.1) is 0 Å². The van der Waals surface area contributed by atoms with Gasteiger partial charge in [-0.3, -0.25) is 9.59 Å². The third-order valence-corrected chi connectivity index (χ3v) is 3.41. The van der Waals surface area contributed by atoms with Crippen molar-refractivity contribution in [3.63, 3.8) is 0 Å². The fourth-order valence-electron chi connectivity index (χ4n) is 2.00. The molecule has 2 amide bonds. The topological polar surface area (TPSA) is 75.4 Å². The van der Waals surface area contributed by atoms with Crippen molar-refractivity contribution in [3.8, 4) is 0 Å². The molecule has 0 radical (unpaired) electrons. The molecule has 0 aliphatic carbocycles. The van der Waals surface area contributed by atoms with Gasteiger partial charge in [-0.1, -0.05) is 24.4 Å². The summed E-state index contributed by atoms with van der Waals surface area (Å²) in [5.41, 5.74) is 6.75. The first kappa shape index (κ1) is 13.5. The van der Waals surface area contributed by atoms with E-state index in [1.165, 1.54) is 0 Å². The first-order valence-corrected chi connectivity index (χ1v) is 6.40. The molecule has 0 aromatic heterocycles. The highest BCUT2D eigenvalue weighted by molar-refractivity contribution is 7.80. The summed E-state index contributed by atoms with van der Waals surface area (Å²) in [4.78, 5) is 25.7. The van der Waals surface area contributed by atoms with Gasteiger partial charge in [-0.2, -0.15) is 0 Å². The van der Waals surface area contributed by atoms with E-state index in [0.717, 1.165) is 5.56 Å². The second kappa shape index (κ2) is 5.36. The third-order valence-electron chi connectivity index (χ3n) is 3.18. The average molecular weight is 277 g/mol. The molecule has 1 unspecified atom stereocenters. The molecular formula is C13H15N3O2S. The lowest BCUT2D eigenvalue weighted by Gasteiger charge is -2.32. The number of thiocarbonyl (C=S) groups is 1. The number of piperazine rings is 1. The van der Waals surface area contributed by atoms with Crippen LogP contribution >= 0.6 is 12.2 Å². The summed E-state index contributed by atoms with van der Waals surface area (Å²) in [6.45, 7) is 2.72. The standard InChI is InChI=1S/C13H15N3O2S/c1-8-12(17)15-6-7-16(8)13(18)10-4-2-9(3-5-10)11(14)19/h2-5,8H,6-7H2,1H3,(H2,14,19)(H,15,17). The Morgan fingerprint density at radius 2 is 1.95 bits per heavy atom. The molecule has 0 saturated carbocycles. The van der Waals surface area contributed by atoms with E-state index < -0.39 is 6.04 Å². The molecule has 2 rings (SSSR count). The number of hydrogen-bond acceptors (Lipinski definition) is 3. The Hall–Kier alpha value is -1.95. The van der Waals surface area contributed by atoms with Crippen LogP contribution in [0.15, 0.2) is 24.3 Å². The molecule has 1 heterocycles. The Morgan fingerprint density at radius 3 is 2.53 bits per heavy atom. The normalized spacial score (nSPS) is 18.9. The minimum Gasteiger partial charge on any atom is -0.389 e. The van der Waals surface area contributed by atoms with Crippen LogP contribution in [0.1, 0.15) is 22.8 Å². The van der Waals surface area contributed by atoms with Crippen molar-refractivity contribution in [1.82, 2.24) is 10.2 Å². The number of nitrogens with two attached hydrogens (primary N) is 1. The highest BCUT2D eigenvalue weighted by atomic mass is 32.1. The van der Waals surface area contributed by atoms with Crippen LogP contribution in [0.5, 0.6) is 0 Å². The van der Waals surface area contributed by atoms with Crippen molar-refractivity contribution < 1.29 is 9.59 Å². The molecular weight excluding hydrogens is 262 g/mol. The van der Waals surface area contributed by atoms with Crippen molar-refractivity contribution in [2.24, 2.45) is 5.73 Å². The number of carbonyl (C=O) groups excluding carboxylic acids is 2. The van der Waals surface area contributed by atoms with Gasteiger partial charge in [0.05, 0.1) is 0 Å². The molecule has 19 heavy (non-hydrogen) atoms. The predicted octanol–water partition coefficient (Wildman–Crippen LogP) is 0.281. The van der Waals surface area contributed by atoms with Gasteiger partial charge in [0.25, 0.3) is 5.91 Å². The van der Waals surface area contributed by atoms with Crippen LogP contribution in [0, 0.1) is 0 Å². The van der Waals surface area contributed by atoms with E-state index in [4.69, 9.17) is 18.0 Å². The highest BCUT2D eigenvalue weighted by Crippen LogP contribution is 2.12. The summed E-state index contributed by atoms with van der Waals surface area (Å²) in [5.74, 6) is -0.281. The van der Waals surface area contributed by atoms with Gasteiger partial charge in [0.15, 0.2) is 0 Å². The second-order valence-electron chi connectivity index (χ2n) is 4.41. The van der Waals surface area contributed by atoms with Gasteiger partial charge in [0.1, 0.15) is 11.0 Å². The van der Waals surface area contributed by atoms with Gasteiger partial charge >= 0.3 is 0 Å². The summed E-state index contributed by atoms with van der Waals surface area (Å²) in [6.07, 6.45) is 0. The smallest absolute Gasteiger partial charge is 0.254 e. The van der Waals surface area contributed by atoms with Crippen LogP contribution in [0.25, 0.3) is 0 Å². The summed E-state index contributed by atoms with van der Waals surface area (Å²) >= 11 is 4.86. The molecule has 1 aromatic rings. The van der Waals surface area contributed by atoms with E-state index in [2.05, 4.69) is 5.32 Å². The Morgan fingerprint density at radius 1 is 1.37 bits per heavy atom. The lowest BCUT2D eigenvalue weighted by atomic mass is 10.1. The molecule has 1 aliphatic rings. The Balaban J connectivity index is 2.19. The Kier molecular flexibility index (Phi) is 3.80. The van der Waals surface area contributed by atoms with Crippen LogP contribution in [0.3, 0.4) is 0 Å². The molecule has 6 heteroatoms. The third kappa shape index (κ3) is 2.73. The second-order valence-corrected chi connectivity index (χ2v) is 4.85. The first-order valence-electron chi connectivity index (χ1n) is 5.99. The van der Waals surface area contributed by atoms with Crippen molar-refractivity contribution in [1.29, 1.82) is 0 Å². The number of rotatable bonds is 2. The molecule has 100 valence electrons. The van der Waals surface area contributed by atoms with Crippen molar-refractivity contribution in [3.05, 3.63) is 35.4 Å². The average Bonchev–Trinajstić information content (AvgIpc) is 2.41. The quantitative estimate of drug-likeness (QED) is 0.762. The monoisotopic (exact) mass is 277 g/mol. The lowest BCUT2D eigenvalue weighted by Crippen LogP contribution is -2.55. The zero-order valence-corrected chi connectivity index (χ0v) is 11.4. The number of amides is 2. The van der Waals surface area contributed by atoms with Crippen LogP contribution < -0.4 is 11.1 Å². The van der Waals surface area contributed by atoms with E-state index in [1.807, 2.05) is 0 Å². The van der Waals surface area contributed by atoms with Crippen molar-refractivity contribution in [2.45, 2.75) is 13.0 Å². The summed E-state index contributed by atoms with van der Waals surface area (Å²) < 4.78 is 0. The number of hydrogen-bond donors (Lipinski definition) is 2. The SMILES string of the molecule is CC1C(=O)NCCN1C(=O)c1ccc(C(N)=S)cc1. The molecule has 1 saturated heterocycles. The molecule has 1 atom stereocenters. The maximum atomic E-state index is 12.3. The largest absolute Gasteiger partial charge is 0.389 e. The Bertz CT molecular complexity index is 527. The summed E-state index contributed by atoms with van der Waals surface area (Å²) in [7, 11) is 0. The number of benzene rings is 1. The number of nitrogens with zero attached hydrogens (tertiary/aromatic N) is 1. The van der Waals surface area contributed by atoms with E-state index in [9.17, 15) is 9.59 Å². The first-order chi connectivity index (χ1) is 9.00. The molecule has 0 spiro atoms. The minimum atomic E-state index is -0.448. The van der Waals surface area contributed by atoms with Gasteiger partial charge in [0.2, 0.25) is 5.91 Å². The van der Waals surface area contributed by atoms with Gasteiger partial charge in [-0.05, 0) is 19.1 Å². The van der Waals surface area contributed by atoms with E-state index in [0.29, 0.717) is 23.6 Å². The number of nitrogens with one attached hydrogen (secondary N) is 1. The van der Waals surface area contributed by atoms with Crippen LogP contribution in [-0.2, 0) is 4.79 Å². The van der Waals surface area contributed by atoms with E-state index >= 15 is 0 Å².